The third kappa shape index (κ3) is 7.39. The molecule has 0 saturated heterocycles. The Morgan fingerprint density at radius 1 is 1.45 bits per heavy atom. The van der Waals surface area contributed by atoms with Gasteiger partial charge in [0, 0.05) is 24.7 Å². The molecule has 0 heterocycles. The summed E-state index contributed by atoms with van der Waals surface area (Å²) in [6.45, 7) is 8.93. The third-order valence-electron chi connectivity index (χ3n) is 2.98. The van der Waals surface area contributed by atoms with E-state index < -0.39 is 4.92 Å². The summed E-state index contributed by atoms with van der Waals surface area (Å²) in [5, 5.41) is 17.0. The molecule has 1 aromatic rings. The van der Waals surface area contributed by atoms with E-state index in [4.69, 9.17) is 0 Å². The Kier molecular flexibility index (Phi) is 10.2. The number of nitro groups is 1. The maximum atomic E-state index is 10.6. The van der Waals surface area contributed by atoms with E-state index in [-0.39, 0.29) is 29.7 Å². The molecule has 0 aliphatic carbocycles. The summed E-state index contributed by atoms with van der Waals surface area (Å²) in [5.74, 6) is 0.711. The van der Waals surface area contributed by atoms with Gasteiger partial charge >= 0.3 is 0 Å². The van der Waals surface area contributed by atoms with E-state index in [0.29, 0.717) is 25.1 Å². The van der Waals surface area contributed by atoms with Gasteiger partial charge in [-0.15, -0.1) is 30.6 Å². The van der Waals surface area contributed by atoms with Gasteiger partial charge in [-0.1, -0.05) is 25.1 Å². The number of rotatable bonds is 7. The number of hydrogen-bond donors (Lipinski definition) is 2. The first kappa shape index (κ1) is 20.4. The van der Waals surface area contributed by atoms with Crippen LogP contribution in [0.15, 0.2) is 41.9 Å². The van der Waals surface area contributed by atoms with E-state index >= 15 is 0 Å². The fraction of sp³-hybridized carbons (Fsp3) is 0.400. The lowest BCUT2D eigenvalue weighted by Crippen LogP contribution is -2.42. The Balaban J connectivity index is 0.00000441. The highest BCUT2D eigenvalue weighted by molar-refractivity contribution is 14.0. The zero-order valence-electron chi connectivity index (χ0n) is 12.9. The molecule has 0 aromatic heterocycles. The van der Waals surface area contributed by atoms with E-state index in [2.05, 4.69) is 36.1 Å². The molecule has 0 saturated carbocycles. The van der Waals surface area contributed by atoms with Crippen molar-refractivity contribution in [3.8, 4) is 0 Å². The number of benzene rings is 1. The second kappa shape index (κ2) is 11.0. The van der Waals surface area contributed by atoms with E-state index in [9.17, 15) is 10.1 Å². The average Bonchev–Trinajstić information content (AvgIpc) is 2.50. The summed E-state index contributed by atoms with van der Waals surface area (Å²) in [6.07, 6.45) is 2.76. The molecule has 0 bridgehead atoms. The first-order chi connectivity index (χ1) is 10.1. The molecule has 1 unspecified atom stereocenters. The minimum Gasteiger partial charge on any atom is -0.354 e. The molecular formula is C15H23IN4O2. The number of halogens is 1. The minimum absolute atomic E-state index is 0. The molecule has 0 spiro atoms. The van der Waals surface area contributed by atoms with Crippen molar-refractivity contribution in [3.05, 3.63) is 52.6 Å². The van der Waals surface area contributed by atoms with Gasteiger partial charge in [0.1, 0.15) is 0 Å². The van der Waals surface area contributed by atoms with E-state index in [0.717, 1.165) is 12.0 Å². The van der Waals surface area contributed by atoms with Crippen LogP contribution in [0.1, 0.15) is 25.8 Å². The van der Waals surface area contributed by atoms with Crippen molar-refractivity contribution in [1.82, 2.24) is 10.6 Å². The molecule has 7 heteroatoms. The third-order valence-corrected chi connectivity index (χ3v) is 2.98. The van der Waals surface area contributed by atoms with Crippen molar-refractivity contribution >= 4 is 35.6 Å². The number of nitrogens with zero attached hydrogens (tertiary/aromatic N) is 2. The lowest BCUT2D eigenvalue weighted by Gasteiger charge is -2.16. The lowest BCUT2D eigenvalue weighted by molar-refractivity contribution is -0.384. The van der Waals surface area contributed by atoms with Crippen LogP contribution in [0, 0.1) is 10.1 Å². The molecule has 0 aliphatic heterocycles. The zero-order chi connectivity index (χ0) is 15.7. The molecule has 6 nitrogen and oxygen atoms in total. The van der Waals surface area contributed by atoms with E-state index in [1.54, 1.807) is 18.2 Å². The fourth-order valence-corrected chi connectivity index (χ4v) is 1.55. The molecule has 2 N–H and O–H groups in total. The SMILES string of the molecule is C=CCNC(=NCc1ccc([N+](=O)[O-])cc1)NC(C)CC.I. The Morgan fingerprint density at radius 2 is 2.09 bits per heavy atom. The van der Waals surface area contributed by atoms with Crippen molar-refractivity contribution in [1.29, 1.82) is 0 Å². The van der Waals surface area contributed by atoms with Crippen molar-refractivity contribution in [2.45, 2.75) is 32.9 Å². The molecule has 0 aliphatic rings. The summed E-state index contributed by atoms with van der Waals surface area (Å²) in [4.78, 5) is 14.7. The van der Waals surface area contributed by atoms with Crippen LogP contribution in [0.25, 0.3) is 0 Å². The molecule has 22 heavy (non-hydrogen) atoms. The van der Waals surface area contributed by atoms with Crippen LogP contribution >= 0.6 is 24.0 Å². The Hall–Kier alpha value is -1.64. The van der Waals surface area contributed by atoms with Gasteiger partial charge in [-0.25, -0.2) is 4.99 Å². The van der Waals surface area contributed by atoms with E-state index in [1.807, 2.05) is 0 Å². The normalized spacial score (nSPS) is 12.0. The van der Waals surface area contributed by atoms with Crippen LogP contribution in [0.5, 0.6) is 0 Å². The Bertz CT molecular complexity index is 503. The van der Waals surface area contributed by atoms with Gasteiger partial charge in [0.05, 0.1) is 11.5 Å². The van der Waals surface area contributed by atoms with Gasteiger partial charge in [0.25, 0.3) is 5.69 Å². The summed E-state index contributed by atoms with van der Waals surface area (Å²) in [5.41, 5.74) is 1.01. The summed E-state index contributed by atoms with van der Waals surface area (Å²) < 4.78 is 0. The van der Waals surface area contributed by atoms with Gasteiger partial charge in [0.2, 0.25) is 0 Å². The van der Waals surface area contributed by atoms with E-state index in [1.165, 1.54) is 12.1 Å². The van der Waals surface area contributed by atoms with Crippen LogP contribution in [0.4, 0.5) is 5.69 Å². The maximum Gasteiger partial charge on any atom is 0.269 e. The Labute approximate surface area is 148 Å². The molecule has 122 valence electrons. The summed E-state index contributed by atoms with van der Waals surface area (Å²) in [6, 6.07) is 6.73. The van der Waals surface area contributed by atoms with Crippen LogP contribution in [-0.2, 0) is 6.54 Å². The number of guanidine groups is 1. The second-order valence-electron chi connectivity index (χ2n) is 4.71. The standard InChI is InChI=1S/C15H22N4O2.HI/c1-4-10-16-15(18-12(3)5-2)17-11-13-6-8-14(9-7-13)19(20)21;/h4,6-9,12H,1,5,10-11H2,2-3H3,(H2,16,17,18);1H. The second-order valence-corrected chi connectivity index (χ2v) is 4.71. The molecule has 1 aromatic carbocycles. The van der Waals surface area contributed by atoms with Crippen LogP contribution in [-0.4, -0.2) is 23.5 Å². The highest BCUT2D eigenvalue weighted by atomic mass is 127. The summed E-state index contributed by atoms with van der Waals surface area (Å²) >= 11 is 0. The van der Waals surface area contributed by atoms with Crippen LogP contribution in [0.2, 0.25) is 0 Å². The largest absolute Gasteiger partial charge is 0.354 e. The van der Waals surface area contributed by atoms with Gasteiger partial charge in [0.15, 0.2) is 5.96 Å². The monoisotopic (exact) mass is 418 g/mol. The molecule has 0 fully saturated rings. The molecule has 0 radical (unpaired) electrons. The lowest BCUT2D eigenvalue weighted by atomic mass is 10.2. The average molecular weight is 418 g/mol. The number of aliphatic imine (C=N–C) groups is 1. The minimum atomic E-state index is -0.408. The fourth-order valence-electron chi connectivity index (χ4n) is 1.55. The number of nitro benzene ring substituents is 1. The predicted molar refractivity (Wildman–Crippen MR) is 101 cm³/mol. The van der Waals surface area contributed by atoms with Crippen molar-refractivity contribution in [2.24, 2.45) is 4.99 Å². The highest BCUT2D eigenvalue weighted by Crippen LogP contribution is 2.12. The van der Waals surface area contributed by atoms with Crippen molar-refractivity contribution in [2.75, 3.05) is 6.54 Å². The zero-order valence-corrected chi connectivity index (χ0v) is 15.2. The van der Waals surface area contributed by atoms with Crippen molar-refractivity contribution in [3.63, 3.8) is 0 Å². The van der Waals surface area contributed by atoms with Gasteiger partial charge < -0.3 is 10.6 Å². The predicted octanol–water partition coefficient (Wildman–Crippen LogP) is 3.23. The van der Waals surface area contributed by atoms with Gasteiger partial charge in [-0.05, 0) is 18.9 Å². The molecule has 1 atom stereocenters. The van der Waals surface area contributed by atoms with Gasteiger partial charge in [-0.3, -0.25) is 10.1 Å². The Morgan fingerprint density at radius 3 is 2.59 bits per heavy atom. The number of non-ortho nitro benzene ring substituents is 1. The number of nitrogens with one attached hydrogen (secondary N) is 2. The van der Waals surface area contributed by atoms with Crippen LogP contribution in [0.3, 0.4) is 0 Å². The highest BCUT2D eigenvalue weighted by Gasteiger charge is 2.05. The molecule has 1 rings (SSSR count). The quantitative estimate of drug-likeness (QED) is 0.178. The molecular weight excluding hydrogens is 395 g/mol. The first-order valence-electron chi connectivity index (χ1n) is 6.95. The van der Waals surface area contributed by atoms with Crippen LogP contribution < -0.4 is 10.6 Å². The maximum absolute atomic E-state index is 10.6. The van der Waals surface area contributed by atoms with Crippen molar-refractivity contribution < 1.29 is 4.92 Å². The van der Waals surface area contributed by atoms with Gasteiger partial charge in [-0.2, -0.15) is 0 Å². The topological polar surface area (TPSA) is 79.6 Å². The number of hydrogen-bond acceptors (Lipinski definition) is 3. The molecule has 0 amide bonds. The smallest absolute Gasteiger partial charge is 0.269 e. The first-order valence-corrected chi connectivity index (χ1v) is 6.95. The summed E-state index contributed by atoms with van der Waals surface area (Å²) in [7, 11) is 0.